The van der Waals surface area contributed by atoms with Gasteiger partial charge < -0.3 is 0 Å². The molecule has 0 atom stereocenters. The third-order valence-corrected chi connectivity index (χ3v) is 4.65. The molecule has 90 valence electrons. The fourth-order valence-corrected chi connectivity index (χ4v) is 3.05. The molecule has 1 heterocycles. The van der Waals surface area contributed by atoms with Crippen LogP contribution in [0, 0.1) is 11.3 Å². The Hall–Kier alpha value is -0.380. The van der Waals surface area contributed by atoms with Gasteiger partial charge in [0.2, 0.25) is 0 Å². The molecule has 3 nitrogen and oxygen atoms in total. The molecule has 1 aliphatic carbocycles. The van der Waals surface area contributed by atoms with Crippen LogP contribution in [0.2, 0.25) is 0 Å². The molecule has 1 aromatic heterocycles. The number of hydrogen-bond donors (Lipinski definition) is 0. The Morgan fingerprint density at radius 1 is 1.50 bits per heavy atom. The molecule has 16 heavy (non-hydrogen) atoms. The Labute approximate surface area is 106 Å². The maximum absolute atomic E-state index is 4.42. The summed E-state index contributed by atoms with van der Waals surface area (Å²) in [6.07, 6.45) is 6.78. The van der Waals surface area contributed by atoms with Gasteiger partial charge in [-0.2, -0.15) is 5.10 Å². The zero-order chi connectivity index (χ0) is 11.6. The smallest absolute Gasteiger partial charge is 0.138 e. The van der Waals surface area contributed by atoms with Crippen molar-refractivity contribution >= 4 is 15.9 Å². The standard InChI is InChI=1S/C12H20BrN3/c1-10(2)7-16-11(14-9-15-16)6-12(8-13)4-3-5-12/h9-10H,3-8H2,1-2H3. The van der Waals surface area contributed by atoms with Gasteiger partial charge in [-0.05, 0) is 24.2 Å². The van der Waals surface area contributed by atoms with Crippen molar-refractivity contribution < 1.29 is 0 Å². The summed E-state index contributed by atoms with van der Waals surface area (Å²) < 4.78 is 2.08. The summed E-state index contributed by atoms with van der Waals surface area (Å²) in [4.78, 5) is 4.42. The molecule has 0 unspecified atom stereocenters. The van der Waals surface area contributed by atoms with Gasteiger partial charge in [-0.25, -0.2) is 9.67 Å². The molecule has 4 heteroatoms. The molecule has 0 aromatic carbocycles. The fourth-order valence-electron chi connectivity index (χ4n) is 2.29. The SMILES string of the molecule is CC(C)Cn1ncnc1CC1(CBr)CCC1. The Morgan fingerprint density at radius 2 is 2.25 bits per heavy atom. The summed E-state index contributed by atoms with van der Waals surface area (Å²) in [5.41, 5.74) is 0.460. The summed E-state index contributed by atoms with van der Waals surface area (Å²) in [7, 11) is 0. The molecule has 1 aromatic rings. The predicted octanol–water partition coefficient (Wildman–Crippen LogP) is 3.04. The Bertz CT molecular complexity index is 336. The highest BCUT2D eigenvalue weighted by atomic mass is 79.9. The Kier molecular flexibility index (Phi) is 3.67. The molecule has 0 N–H and O–H groups in total. The largest absolute Gasteiger partial charge is 0.250 e. The van der Waals surface area contributed by atoms with E-state index in [-0.39, 0.29) is 0 Å². The molecule has 1 aliphatic rings. The van der Waals surface area contributed by atoms with Crippen LogP contribution in [0.4, 0.5) is 0 Å². The Balaban J connectivity index is 2.06. The van der Waals surface area contributed by atoms with E-state index in [0.717, 1.165) is 24.1 Å². The number of aromatic nitrogens is 3. The van der Waals surface area contributed by atoms with Crippen molar-refractivity contribution in [3.63, 3.8) is 0 Å². The molecule has 0 spiro atoms. The second kappa shape index (κ2) is 4.86. The summed E-state index contributed by atoms with van der Waals surface area (Å²) in [5, 5.41) is 5.42. The highest BCUT2D eigenvalue weighted by Gasteiger charge is 2.37. The number of nitrogens with zero attached hydrogens (tertiary/aromatic N) is 3. The first-order chi connectivity index (χ1) is 7.65. The molecule has 1 fully saturated rings. The average molecular weight is 286 g/mol. The molecule has 2 rings (SSSR count). The third-order valence-electron chi connectivity index (χ3n) is 3.46. The minimum absolute atomic E-state index is 0.460. The van der Waals surface area contributed by atoms with Crippen LogP contribution in [-0.2, 0) is 13.0 Å². The second-order valence-electron chi connectivity index (χ2n) is 5.42. The van der Waals surface area contributed by atoms with E-state index >= 15 is 0 Å². The lowest BCUT2D eigenvalue weighted by molar-refractivity contribution is 0.163. The van der Waals surface area contributed by atoms with Gasteiger partial charge in [-0.3, -0.25) is 0 Å². The summed E-state index contributed by atoms with van der Waals surface area (Å²) in [5.74, 6) is 1.79. The van der Waals surface area contributed by atoms with Crippen molar-refractivity contribution in [2.75, 3.05) is 5.33 Å². The van der Waals surface area contributed by atoms with E-state index in [1.165, 1.54) is 19.3 Å². The van der Waals surface area contributed by atoms with Crippen molar-refractivity contribution in [1.82, 2.24) is 14.8 Å². The van der Waals surface area contributed by atoms with Gasteiger partial charge in [0.1, 0.15) is 12.2 Å². The normalized spacial score (nSPS) is 18.8. The summed E-state index contributed by atoms with van der Waals surface area (Å²) in [6.45, 7) is 5.41. The van der Waals surface area contributed by atoms with Gasteiger partial charge in [0.25, 0.3) is 0 Å². The summed E-state index contributed by atoms with van der Waals surface area (Å²) in [6, 6.07) is 0. The van der Waals surface area contributed by atoms with Gasteiger partial charge in [-0.1, -0.05) is 36.2 Å². The quantitative estimate of drug-likeness (QED) is 0.779. The monoisotopic (exact) mass is 285 g/mol. The summed E-state index contributed by atoms with van der Waals surface area (Å²) >= 11 is 3.65. The number of halogens is 1. The highest BCUT2D eigenvalue weighted by Crippen LogP contribution is 2.44. The van der Waals surface area contributed by atoms with Crippen LogP contribution in [0.3, 0.4) is 0 Å². The molecule has 0 radical (unpaired) electrons. The van der Waals surface area contributed by atoms with Gasteiger partial charge in [0.05, 0.1) is 0 Å². The van der Waals surface area contributed by atoms with Crippen LogP contribution in [0.15, 0.2) is 6.33 Å². The predicted molar refractivity (Wildman–Crippen MR) is 68.6 cm³/mol. The molecule has 0 saturated heterocycles. The van der Waals surface area contributed by atoms with Gasteiger partial charge in [0, 0.05) is 18.3 Å². The maximum Gasteiger partial charge on any atom is 0.138 e. The lowest BCUT2D eigenvalue weighted by Gasteiger charge is -2.40. The van der Waals surface area contributed by atoms with Crippen LogP contribution >= 0.6 is 15.9 Å². The molecular weight excluding hydrogens is 266 g/mol. The lowest BCUT2D eigenvalue weighted by atomic mass is 9.68. The lowest BCUT2D eigenvalue weighted by Crippen LogP contribution is -2.34. The third kappa shape index (κ3) is 2.47. The molecule has 0 amide bonds. The van der Waals surface area contributed by atoms with E-state index in [1.807, 2.05) is 0 Å². The zero-order valence-corrected chi connectivity index (χ0v) is 11.7. The number of rotatable bonds is 5. The van der Waals surface area contributed by atoms with Crippen LogP contribution in [-0.4, -0.2) is 20.1 Å². The first-order valence-electron chi connectivity index (χ1n) is 6.08. The number of alkyl halides is 1. The highest BCUT2D eigenvalue weighted by molar-refractivity contribution is 9.09. The molecule has 1 saturated carbocycles. The van der Waals surface area contributed by atoms with Gasteiger partial charge in [-0.15, -0.1) is 0 Å². The van der Waals surface area contributed by atoms with Crippen LogP contribution < -0.4 is 0 Å². The van der Waals surface area contributed by atoms with E-state index < -0.39 is 0 Å². The van der Waals surface area contributed by atoms with Crippen molar-refractivity contribution in [1.29, 1.82) is 0 Å². The average Bonchev–Trinajstić information content (AvgIpc) is 2.58. The van der Waals surface area contributed by atoms with Crippen molar-refractivity contribution in [3.05, 3.63) is 12.2 Å². The minimum atomic E-state index is 0.460. The maximum atomic E-state index is 4.42. The fraction of sp³-hybridized carbons (Fsp3) is 0.833. The Morgan fingerprint density at radius 3 is 2.75 bits per heavy atom. The zero-order valence-electron chi connectivity index (χ0n) is 10.1. The molecule has 0 aliphatic heterocycles. The van der Waals surface area contributed by atoms with Crippen LogP contribution in [0.25, 0.3) is 0 Å². The topological polar surface area (TPSA) is 30.7 Å². The van der Waals surface area contributed by atoms with Crippen molar-refractivity contribution in [3.8, 4) is 0 Å². The molecule has 0 bridgehead atoms. The van der Waals surface area contributed by atoms with E-state index in [1.54, 1.807) is 6.33 Å². The van der Waals surface area contributed by atoms with Crippen LogP contribution in [0.5, 0.6) is 0 Å². The van der Waals surface area contributed by atoms with E-state index in [0.29, 0.717) is 11.3 Å². The van der Waals surface area contributed by atoms with E-state index in [4.69, 9.17) is 0 Å². The number of hydrogen-bond acceptors (Lipinski definition) is 2. The van der Waals surface area contributed by atoms with Gasteiger partial charge in [0.15, 0.2) is 0 Å². The minimum Gasteiger partial charge on any atom is -0.250 e. The van der Waals surface area contributed by atoms with Gasteiger partial charge >= 0.3 is 0 Å². The van der Waals surface area contributed by atoms with E-state index in [2.05, 4.69) is 44.5 Å². The van der Waals surface area contributed by atoms with E-state index in [9.17, 15) is 0 Å². The van der Waals surface area contributed by atoms with Crippen molar-refractivity contribution in [2.24, 2.45) is 11.3 Å². The first-order valence-corrected chi connectivity index (χ1v) is 7.20. The van der Waals surface area contributed by atoms with Crippen molar-refractivity contribution in [2.45, 2.75) is 46.1 Å². The first kappa shape index (κ1) is 12.1. The second-order valence-corrected chi connectivity index (χ2v) is 5.98. The van der Waals surface area contributed by atoms with Crippen LogP contribution in [0.1, 0.15) is 38.9 Å². The molecular formula is C12H20BrN3.